The molecular formula is C12H14BrNO4S. The standard InChI is InChI=1S/C12H14BrNO4S/c13-8-1-3-9(4-2-8)19-7-11(16)14-6-5-10(15)12(17)18/h1-4,10,15H,5-7H2,(H,14,16)(H,17,18)/t10-/m0/s1. The van der Waals surface area contributed by atoms with E-state index in [0.29, 0.717) is 0 Å². The van der Waals surface area contributed by atoms with Gasteiger partial charge in [-0.25, -0.2) is 4.79 Å². The SMILES string of the molecule is O=C(CSc1ccc(Br)cc1)NCC[C@H](O)C(=O)O. The lowest BCUT2D eigenvalue weighted by Crippen LogP contribution is -2.31. The molecule has 0 saturated heterocycles. The van der Waals surface area contributed by atoms with Crippen molar-refractivity contribution in [2.45, 2.75) is 17.4 Å². The predicted molar refractivity (Wildman–Crippen MR) is 76.1 cm³/mol. The summed E-state index contributed by atoms with van der Waals surface area (Å²) in [4.78, 5) is 22.8. The van der Waals surface area contributed by atoms with E-state index in [1.165, 1.54) is 11.8 Å². The molecule has 0 fully saturated rings. The number of carboxylic acids is 1. The molecule has 104 valence electrons. The van der Waals surface area contributed by atoms with Crippen LogP contribution in [0.4, 0.5) is 0 Å². The second-order valence-electron chi connectivity index (χ2n) is 3.74. The normalized spacial score (nSPS) is 11.9. The van der Waals surface area contributed by atoms with Crippen molar-refractivity contribution in [1.29, 1.82) is 0 Å². The number of hydrogen-bond acceptors (Lipinski definition) is 4. The summed E-state index contributed by atoms with van der Waals surface area (Å²) < 4.78 is 0.976. The van der Waals surface area contributed by atoms with Crippen molar-refractivity contribution in [1.82, 2.24) is 5.32 Å². The largest absolute Gasteiger partial charge is 0.479 e. The van der Waals surface area contributed by atoms with Gasteiger partial charge >= 0.3 is 5.97 Å². The highest BCUT2D eigenvalue weighted by molar-refractivity contribution is 9.10. The Morgan fingerprint density at radius 3 is 2.53 bits per heavy atom. The van der Waals surface area contributed by atoms with Crippen LogP contribution in [0.2, 0.25) is 0 Å². The zero-order chi connectivity index (χ0) is 14.3. The minimum absolute atomic E-state index is 0.00399. The van der Waals surface area contributed by atoms with Gasteiger partial charge in [0.2, 0.25) is 5.91 Å². The van der Waals surface area contributed by atoms with Gasteiger partial charge < -0.3 is 15.5 Å². The summed E-state index contributed by atoms with van der Waals surface area (Å²) in [6.45, 7) is 0.146. The van der Waals surface area contributed by atoms with Crippen molar-refractivity contribution >= 4 is 39.6 Å². The molecule has 0 aliphatic heterocycles. The van der Waals surface area contributed by atoms with Crippen LogP contribution in [0.15, 0.2) is 33.6 Å². The summed E-state index contributed by atoms with van der Waals surface area (Å²) in [6.07, 6.45) is -1.43. The first-order chi connectivity index (χ1) is 8.99. The van der Waals surface area contributed by atoms with E-state index < -0.39 is 12.1 Å². The molecule has 1 amide bonds. The Bertz CT molecular complexity index is 438. The van der Waals surface area contributed by atoms with Gasteiger partial charge in [-0.3, -0.25) is 4.79 Å². The molecular weight excluding hydrogens is 334 g/mol. The zero-order valence-corrected chi connectivity index (χ0v) is 12.4. The van der Waals surface area contributed by atoms with Crippen molar-refractivity contribution in [3.63, 3.8) is 0 Å². The lowest BCUT2D eigenvalue weighted by atomic mass is 10.2. The van der Waals surface area contributed by atoms with Crippen molar-refractivity contribution in [3.05, 3.63) is 28.7 Å². The van der Waals surface area contributed by atoms with E-state index in [-0.39, 0.29) is 24.6 Å². The maximum absolute atomic E-state index is 11.5. The van der Waals surface area contributed by atoms with Gasteiger partial charge in [0.25, 0.3) is 0 Å². The molecule has 3 N–H and O–H groups in total. The van der Waals surface area contributed by atoms with Gasteiger partial charge in [0.1, 0.15) is 0 Å². The zero-order valence-electron chi connectivity index (χ0n) is 10.0. The first-order valence-electron chi connectivity index (χ1n) is 5.55. The Hall–Kier alpha value is -1.05. The fourth-order valence-corrected chi connectivity index (χ4v) is 2.20. The number of rotatable bonds is 7. The Kier molecular flexibility index (Phi) is 6.90. The molecule has 19 heavy (non-hydrogen) atoms. The molecule has 1 aromatic carbocycles. The number of amides is 1. The summed E-state index contributed by atoms with van der Waals surface area (Å²) in [5.74, 6) is -1.21. The quantitative estimate of drug-likeness (QED) is 0.650. The van der Waals surface area contributed by atoms with E-state index >= 15 is 0 Å². The van der Waals surface area contributed by atoms with Gasteiger partial charge in [-0.15, -0.1) is 11.8 Å². The number of carboxylic acid groups (broad SMARTS) is 1. The lowest BCUT2D eigenvalue weighted by molar-refractivity contribution is -0.147. The third kappa shape index (κ3) is 6.60. The molecule has 0 bridgehead atoms. The molecule has 0 aromatic heterocycles. The molecule has 5 nitrogen and oxygen atoms in total. The fraction of sp³-hybridized carbons (Fsp3) is 0.333. The first-order valence-corrected chi connectivity index (χ1v) is 7.33. The van der Waals surface area contributed by atoms with Crippen LogP contribution in [0.1, 0.15) is 6.42 Å². The second-order valence-corrected chi connectivity index (χ2v) is 5.70. The number of halogens is 1. The maximum atomic E-state index is 11.5. The number of nitrogens with one attached hydrogen (secondary N) is 1. The van der Waals surface area contributed by atoms with Gasteiger partial charge in [0, 0.05) is 22.3 Å². The van der Waals surface area contributed by atoms with Gasteiger partial charge in [0.05, 0.1) is 5.75 Å². The van der Waals surface area contributed by atoms with Crippen molar-refractivity contribution < 1.29 is 19.8 Å². The van der Waals surface area contributed by atoms with E-state index in [4.69, 9.17) is 10.2 Å². The van der Waals surface area contributed by atoms with Crippen molar-refractivity contribution in [2.24, 2.45) is 0 Å². The van der Waals surface area contributed by atoms with Crippen molar-refractivity contribution in [2.75, 3.05) is 12.3 Å². The molecule has 7 heteroatoms. The number of aliphatic hydroxyl groups is 1. The van der Waals surface area contributed by atoms with Crippen LogP contribution in [-0.4, -0.2) is 40.5 Å². The molecule has 1 atom stereocenters. The van der Waals surface area contributed by atoms with E-state index in [1.54, 1.807) is 0 Å². The highest BCUT2D eigenvalue weighted by Crippen LogP contribution is 2.20. The number of hydrogen-bond donors (Lipinski definition) is 3. The number of carbonyl (C=O) groups excluding carboxylic acids is 1. The Morgan fingerprint density at radius 2 is 1.95 bits per heavy atom. The predicted octanol–water partition coefficient (Wildman–Crippen LogP) is 1.49. The number of thioether (sulfide) groups is 1. The smallest absolute Gasteiger partial charge is 0.332 e. The third-order valence-electron chi connectivity index (χ3n) is 2.21. The van der Waals surface area contributed by atoms with Crippen molar-refractivity contribution in [3.8, 4) is 0 Å². The van der Waals surface area contributed by atoms with Gasteiger partial charge in [-0.1, -0.05) is 15.9 Å². The summed E-state index contributed by atoms with van der Waals surface area (Å²) in [5, 5.41) is 20.0. The maximum Gasteiger partial charge on any atom is 0.332 e. The highest BCUT2D eigenvalue weighted by Gasteiger charge is 2.12. The molecule has 0 saturated carbocycles. The third-order valence-corrected chi connectivity index (χ3v) is 3.75. The van der Waals surface area contributed by atoms with Crippen LogP contribution in [0, 0.1) is 0 Å². The van der Waals surface area contributed by atoms with E-state index in [2.05, 4.69) is 21.2 Å². The fourth-order valence-electron chi connectivity index (χ4n) is 1.20. The van der Waals surface area contributed by atoms with Gasteiger partial charge in [-0.05, 0) is 24.3 Å². The molecule has 0 aliphatic rings. The van der Waals surface area contributed by atoms with Crippen LogP contribution in [-0.2, 0) is 9.59 Å². The summed E-state index contributed by atoms with van der Waals surface area (Å²) >= 11 is 4.72. The molecule has 0 aliphatic carbocycles. The first kappa shape index (κ1) is 16.0. The van der Waals surface area contributed by atoms with Gasteiger partial charge in [0.15, 0.2) is 6.10 Å². The molecule has 1 aromatic rings. The van der Waals surface area contributed by atoms with E-state index in [1.807, 2.05) is 24.3 Å². The second kappa shape index (κ2) is 8.19. The molecule has 0 radical (unpaired) electrons. The topological polar surface area (TPSA) is 86.6 Å². The molecule has 1 rings (SSSR count). The molecule has 0 heterocycles. The number of benzene rings is 1. The lowest BCUT2D eigenvalue weighted by Gasteiger charge is -2.07. The average molecular weight is 348 g/mol. The molecule has 0 spiro atoms. The van der Waals surface area contributed by atoms with Crippen LogP contribution in [0.25, 0.3) is 0 Å². The summed E-state index contributed by atoms with van der Waals surface area (Å²) in [7, 11) is 0. The number of aliphatic hydroxyl groups excluding tert-OH is 1. The van der Waals surface area contributed by atoms with E-state index in [9.17, 15) is 9.59 Å². The van der Waals surface area contributed by atoms with Gasteiger partial charge in [-0.2, -0.15) is 0 Å². The van der Waals surface area contributed by atoms with Crippen LogP contribution in [0.5, 0.6) is 0 Å². The summed E-state index contributed by atoms with van der Waals surface area (Å²) in [6, 6.07) is 7.58. The number of carbonyl (C=O) groups is 2. The van der Waals surface area contributed by atoms with Crippen LogP contribution in [0.3, 0.4) is 0 Å². The summed E-state index contributed by atoms with van der Waals surface area (Å²) in [5.41, 5.74) is 0. The van der Waals surface area contributed by atoms with Crippen LogP contribution >= 0.6 is 27.7 Å². The minimum atomic E-state index is -1.43. The Labute approximate surface area is 123 Å². The van der Waals surface area contributed by atoms with Crippen LogP contribution < -0.4 is 5.32 Å². The molecule has 0 unspecified atom stereocenters. The average Bonchev–Trinajstić information content (AvgIpc) is 2.37. The number of aliphatic carboxylic acids is 1. The Balaban J connectivity index is 2.21. The minimum Gasteiger partial charge on any atom is -0.479 e. The Morgan fingerprint density at radius 1 is 1.32 bits per heavy atom. The van der Waals surface area contributed by atoms with E-state index in [0.717, 1.165) is 9.37 Å². The highest BCUT2D eigenvalue weighted by atomic mass is 79.9. The monoisotopic (exact) mass is 347 g/mol.